The molecular weight excluding hydrogens is 502 g/mol. The molecule has 2 N–H and O–H groups in total. The van der Waals surface area contributed by atoms with E-state index in [1.54, 1.807) is 0 Å². The van der Waals surface area contributed by atoms with Crippen LogP contribution < -0.4 is 29.2 Å². The number of imidazole rings is 2. The number of nitrogens with one attached hydrogen (secondary N) is 2. The molecule has 0 spiro atoms. The molecule has 39 heavy (non-hydrogen) atoms. The summed E-state index contributed by atoms with van der Waals surface area (Å²) in [6.07, 6.45) is 7.80. The fourth-order valence-electron chi connectivity index (χ4n) is 3.69. The zero-order valence-electron chi connectivity index (χ0n) is 23.2. The fourth-order valence-corrected chi connectivity index (χ4v) is 3.69. The number of benzene rings is 2. The van der Waals surface area contributed by atoms with Crippen LogP contribution in [0, 0.1) is 5.41 Å². The molecule has 4 rings (SSSR count). The number of hydrogen-bond donors (Lipinski definition) is 2. The maximum Gasteiger partial charge on any atom is 0.421 e. The predicted molar refractivity (Wildman–Crippen MR) is 145 cm³/mol. The van der Waals surface area contributed by atoms with Gasteiger partial charge in [-0.1, -0.05) is 24.1 Å². The van der Waals surface area contributed by atoms with Crippen LogP contribution in [0.3, 0.4) is 0 Å². The average molecular weight is 539 g/mol. The number of hydrogen-bond acceptors (Lipinski definition) is 6. The molecule has 0 saturated carbocycles. The number of anilines is 2. The smallest absolute Gasteiger partial charge is 0.421 e. The largest absolute Gasteiger partial charge is 1.00 e. The Morgan fingerprint density at radius 2 is 1.00 bits per heavy atom. The second kappa shape index (κ2) is 13.4. The summed E-state index contributed by atoms with van der Waals surface area (Å²) in [5.74, 6) is 1.58. The zero-order valence-corrected chi connectivity index (χ0v) is 23.2. The van der Waals surface area contributed by atoms with Crippen LogP contribution in [-0.4, -0.2) is 22.2 Å². The van der Waals surface area contributed by atoms with Crippen LogP contribution in [0.2, 0.25) is 0 Å². The second-order valence-corrected chi connectivity index (χ2v) is 10.0. The molecule has 0 aliphatic heterocycles. The monoisotopic (exact) mass is 538 g/mol. The van der Waals surface area contributed by atoms with Gasteiger partial charge in [-0.05, 0) is 53.9 Å². The van der Waals surface area contributed by atoms with Crippen molar-refractivity contribution in [1.82, 2.24) is 9.13 Å². The van der Waals surface area contributed by atoms with Crippen molar-refractivity contribution in [2.24, 2.45) is 54.1 Å². The highest BCUT2D eigenvalue weighted by Crippen LogP contribution is 2.23. The van der Waals surface area contributed by atoms with E-state index < -0.39 is 0 Å². The molecule has 2 heterocycles. The van der Waals surface area contributed by atoms with Crippen LogP contribution in [0.5, 0.6) is 0 Å². The molecule has 2 aromatic carbocycles. The first-order valence-electron chi connectivity index (χ1n) is 12.2. The van der Waals surface area contributed by atoms with Gasteiger partial charge in [0.1, 0.15) is 11.4 Å². The van der Waals surface area contributed by atoms with Crippen LogP contribution >= 0.6 is 0 Å². The molecular formula is C27H36F2N10. The molecule has 0 bridgehead atoms. The van der Waals surface area contributed by atoms with E-state index in [1.807, 2.05) is 120 Å². The van der Waals surface area contributed by atoms with Crippen LogP contribution in [0.15, 0.2) is 93.8 Å². The van der Waals surface area contributed by atoms with Crippen molar-refractivity contribution in [2.45, 2.75) is 13.8 Å². The maximum absolute atomic E-state index is 4.35. The summed E-state index contributed by atoms with van der Waals surface area (Å²) in [4.78, 5) is 0. The van der Waals surface area contributed by atoms with Crippen molar-refractivity contribution in [3.05, 3.63) is 73.3 Å². The Morgan fingerprint density at radius 1 is 0.641 bits per heavy atom. The highest BCUT2D eigenvalue weighted by atomic mass is 19.0. The first-order chi connectivity index (χ1) is 17.7. The normalized spacial score (nSPS) is 11.4. The molecule has 0 aliphatic rings. The van der Waals surface area contributed by atoms with Crippen molar-refractivity contribution >= 4 is 34.6 Å². The van der Waals surface area contributed by atoms with Gasteiger partial charge in [-0.2, -0.15) is 0 Å². The van der Waals surface area contributed by atoms with Crippen molar-refractivity contribution in [1.29, 1.82) is 0 Å². The summed E-state index contributed by atoms with van der Waals surface area (Å²) in [5.41, 5.74) is 3.76. The maximum atomic E-state index is 4.35. The third-order valence-electron chi connectivity index (χ3n) is 6.08. The molecule has 12 heteroatoms. The van der Waals surface area contributed by atoms with E-state index in [1.165, 1.54) is 0 Å². The topological polar surface area (TPSA) is 91.1 Å². The highest BCUT2D eigenvalue weighted by Gasteiger charge is 2.18. The van der Waals surface area contributed by atoms with E-state index in [2.05, 4.69) is 44.9 Å². The minimum absolute atomic E-state index is 0. The summed E-state index contributed by atoms with van der Waals surface area (Å²) in [5, 5.41) is 24.5. The third kappa shape index (κ3) is 8.25. The number of nitrogens with zero attached hydrogens (tertiary/aromatic N) is 8. The van der Waals surface area contributed by atoms with Gasteiger partial charge in [0.25, 0.3) is 0 Å². The highest BCUT2D eigenvalue weighted by molar-refractivity contribution is 5.52. The molecule has 0 atom stereocenters. The van der Waals surface area contributed by atoms with Crippen molar-refractivity contribution < 1.29 is 18.5 Å². The third-order valence-corrected chi connectivity index (χ3v) is 6.08. The van der Waals surface area contributed by atoms with Gasteiger partial charge in [-0.15, -0.1) is 0 Å². The minimum atomic E-state index is 0. The number of aryl methyl sites for hydroxylation is 4. The van der Waals surface area contributed by atoms with E-state index >= 15 is 0 Å². The minimum Gasteiger partial charge on any atom is -1.00 e. The van der Waals surface area contributed by atoms with Gasteiger partial charge in [0, 0.05) is 34.7 Å². The lowest BCUT2D eigenvalue weighted by atomic mass is 9.93. The lowest BCUT2D eigenvalue weighted by molar-refractivity contribution is -0.657. The number of aromatic nitrogens is 4. The van der Waals surface area contributed by atoms with Crippen LogP contribution in [0.25, 0.3) is 0 Å². The average Bonchev–Trinajstić information content (AvgIpc) is 3.39. The number of halogens is 2. The first kappa shape index (κ1) is 30.7. The molecule has 0 aliphatic carbocycles. The van der Waals surface area contributed by atoms with Crippen LogP contribution in [-0.2, 0) is 28.2 Å². The van der Waals surface area contributed by atoms with Crippen LogP contribution in [0.4, 0.5) is 34.6 Å². The van der Waals surface area contributed by atoms with E-state index in [9.17, 15) is 0 Å². The van der Waals surface area contributed by atoms with E-state index in [0.717, 1.165) is 47.7 Å². The Balaban J connectivity index is 0.00000267. The SMILES string of the molecule is Cn1cc[n+](C)c1N=Nc1ccc(NCC(C)(C)CNc2ccc(N=Nc3n(C)cc[n+]3C)cc2)cc1.[F-].[F-]. The molecule has 0 amide bonds. The standard InChI is InChI=1S/C27H34N10.2FH/c1-27(2,19-28-21-7-11-23(12-8-21)30-32-25-34(3)15-16-35(25)4)20-29-22-9-13-24(14-10-22)31-33-26-36(5)17-18-37(26)6;;/h7-18H,19-20H2,1-6H3;2*1H. The number of azo groups is 2. The molecule has 0 radical (unpaired) electrons. The summed E-state index contributed by atoms with van der Waals surface area (Å²) < 4.78 is 7.73. The summed E-state index contributed by atoms with van der Waals surface area (Å²) in [7, 11) is 7.80. The lowest BCUT2D eigenvalue weighted by Gasteiger charge is -2.26. The zero-order chi connectivity index (χ0) is 26.4. The lowest BCUT2D eigenvalue weighted by Crippen LogP contribution is -3.00. The Bertz CT molecular complexity index is 1240. The first-order valence-corrected chi connectivity index (χ1v) is 12.2. The molecule has 4 aromatic rings. The fraction of sp³-hybridized carbons (Fsp3) is 0.333. The van der Waals surface area contributed by atoms with Gasteiger partial charge in [0.05, 0.1) is 53.0 Å². The quantitative estimate of drug-likeness (QED) is 0.209. The van der Waals surface area contributed by atoms with Crippen molar-refractivity contribution in [3.8, 4) is 0 Å². The summed E-state index contributed by atoms with van der Waals surface area (Å²) >= 11 is 0. The summed E-state index contributed by atoms with van der Waals surface area (Å²) in [6.45, 7) is 6.11. The van der Waals surface area contributed by atoms with E-state index in [0.29, 0.717) is 0 Å². The molecule has 0 fully saturated rings. The Labute approximate surface area is 227 Å². The molecule has 0 unspecified atom stereocenters. The van der Waals surface area contributed by atoms with Crippen molar-refractivity contribution in [3.63, 3.8) is 0 Å². The van der Waals surface area contributed by atoms with Gasteiger partial charge in [-0.25, -0.2) is 18.3 Å². The van der Waals surface area contributed by atoms with E-state index in [4.69, 9.17) is 0 Å². The van der Waals surface area contributed by atoms with Gasteiger partial charge in [0.15, 0.2) is 0 Å². The molecule has 2 aromatic heterocycles. The van der Waals surface area contributed by atoms with Gasteiger partial charge in [0.2, 0.25) is 0 Å². The van der Waals surface area contributed by atoms with Crippen molar-refractivity contribution in [2.75, 3.05) is 23.7 Å². The Kier molecular flexibility index (Phi) is 10.5. The predicted octanol–water partition coefficient (Wildman–Crippen LogP) is -0.598. The summed E-state index contributed by atoms with van der Waals surface area (Å²) in [6, 6.07) is 16.0. The van der Waals surface area contributed by atoms with Gasteiger partial charge >= 0.3 is 11.9 Å². The van der Waals surface area contributed by atoms with Gasteiger partial charge < -0.3 is 20.0 Å². The van der Waals surface area contributed by atoms with Gasteiger partial charge in [-0.3, -0.25) is 0 Å². The van der Waals surface area contributed by atoms with E-state index in [-0.39, 0.29) is 14.8 Å². The molecule has 10 nitrogen and oxygen atoms in total. The Hall–Kier alpha value is -4.48. The number of rotatable bonds is 10. The van der Waals surface area contributed by atoms with Crippen LogP contribution in [0.1, 0.15) is 13.8 Å². The Morgan fingerprint density at radius 3 is 1.31 bits per heavy atom. The second-order valence-electron chi connectivity index (χ2n) is 10.0. The molecule has 208 valence electrons. The molecule has 0 saturated heterocycles.